The summed E-state index contributed by atoms with van der Waals surface area (Å²) in [5, 5.41) is 2.03. The molecule has 0 radical (unpaired) electrons. The third kappa shape index (κ3) is 6.24. The molecule has 4 nitrogen and oxygen atoms in total. The Labute approximate surface area is 319 Å². The van der Waals surface area contributed by atoms with Gasteiger partial charge in [-0.1, -0.05) is 176 Å². The Morgan fingerprint density at radius 1 is 0.418 bits per heavy atom. The molecule has 0 spiro atoms. The Morgan fingerprint density at radius 2 is 0.927 bits per heavy atom. The molecular formula is C51H35N3O. The minimum Gasteiger partial charge on any atom is -0.455 e. The quantitative estimate of drug-likeness (QED) is 0.166. The monoisotopic (exact) mass is 705 g/mol. The molecule has 10 rings (SSSR count). The molecule has 7 aromatic carbocycles. The number of hydrogen-bond acceptors (Lipinski definition) is 4. The summed E-state index contributed by atoms with van der Waals surface area (Å²) in [6.07, 6.45) is 9.34. The minimum atomic E-state index is 0.0480. The largest absolute Gasteiger partial charge is 0.455 e. The summed E-state index contributed by atoms with van der Waals surface area (Å²) in [5.41, 5.74) is 12.7. The zero-order valence-corrected chi connectivity index (χ0v) is 30.0. The van der Waals surface area contributed by atoms with E-state index >= 15 is 0 Å². The fraction of sp³-hybridized carbons (Fsp3) is 0.0392. The number of rotatable bonds is 7. The van der Waals surface area contributed by atoms with Crippen molar-refractivity contribution in [1.29, 1.82) is 0 Å². The first-order valence-corrected chi connectivity index (χ1v) is 18.7. The highest BCUT2D eigenvalue weighted by atomic mass is 16.3. The SMILES string of the molecule is C1=CCC(c2nc(-c3ccc(-c4ccc(-c5ccccc5)cc4)cc3)nc(-c3ccc(-c4ccc(-c5ccccc5)cc4)c4oc5ccccc5c34)n2)C=C1. The maximum atomic E-state index is 6.67. The zero-order valence-electron chi connectivity index (χ0n) is 30.0. The fourth-order valence-corrected chi connectivity index (χ4v) is 7.59. The van der Waals surface area contributed by atoms with Crippen LogP contribution in [0.5, 0.6) is 0 Å². The van der Waals surface area contributed by atoms with Crippen molar-refractivity contribution >= 4 is 21.9 Å². The molecule has 9 aromatic rings. The molecule has 1 atom stereocenters. The van der Waals surface area contributed by atoms with Crippen molar-refractivity contribution in [1.82, 2.24) is 15.0 Å². The molecule has 2 aromatic heterocycles. The normalized spacial score (nSPS) is 13.8. The van der Waals surface area contributed by atoms with Crippen LogP contribution in [0.4, 0.5) is 0 Å². The summed E-state index contributed by atoms with van der Waals surface area (Å²) in [4.78, 5) is 15.5. The Balaban J connectivity index is 1.07. The van der Waals surface area contributed by atoms with Crippen molar-refractivity contribution in [2.75, 3.05) is 0 Å². The summed E-state index contributed by atoms with van der Waals surface area (Å²) >= 11 is 0. The van der Waals surface area contributed by atoms with Gasteiger partial charge in [0.25, 0.3) is 0 Å². The highest BCUT2D eigenvalue weighted by Crippen LogP contribution is 2.42. The van der Waals surface area contributed by atoms with Gasteiger partial charge in [0.1, 0.15) is 17.0 Å². The van der Waals surface area contributed by atoms with Gasteiger partial charge in [-0.3, -0.25) is 0 Å². The topological polar surface area (TPSA) is 51.8 Å². The van der Waals surface area contributed by atoms with E-state index in [2.05, 4.69) is 170 Å². The summed E-state index contributed by atoms with van der Waals surface area (Å²) in [6, 6.07) is 59.4. The summed E-state index contributed by atoms with van der Waals surface area (Å²) in [5.74, 6) is 2.08. The third-order valence-corrected chi connectivity index (χ3v) is 10.5. The van der Waals surface area contributed by atoms with Crippen LogP contribution in [0.3, 0.4) is 0 Å². The zero-order chi connectivity index (χ0) is 36.6. The van der Waals surface area contributed by atoms with E-state index < -0.39 is 0 Å². The predicted octanol–water partition coefficient (Wildman–Crippen LogP) is 13.4. The standard InChI is InChI=1S/C51H35N3O/c1-4-12-34(13-5-1)36-20-22-38(23-21-36)39-26-30-42(31-27-39)50-52-49(41-16-8-3-9-17-41)53-51(54-50)45-33-32-43(48-47(45)44-18-10-11-19-46(44)55-48)40-28-24-37(25-29-40)35-14-6-2-7-15-35/h1-16,18-33,41H,17H2. The van der Waals surface area contributed by atoms with Gasteiger partial charge < -0.3 is 4.42 Å². The molecule has 0 fully saturated rings. The molecule has 1 aliphatic rings. The highest BCUT2D eigenvalue weighted by Gasteiger charge is 2.22. The van der Waals surface area contributed by atoms with Gasteiger partial charge in [0.05, 0.1) is 0 Å². The Bertz CT molecular complexity index is 2850. The smallest absolute Gasteiger partial charge is 0.164 e. The van der Waals surface area contributed by atoms with Crippen LogP contribution in [-0.2, 0) is 0 Å². The van der Waals surface area contributed by atoms with E-state index in [0.29, 0.717) is 11.6 Å². The van der Waals surface area contributed by atoms with Crippen molar-refractivity contribution in [3.05, 3.63) is 200 Å². The van der Waals surface area contributed by atoms with Crippen molar-refractivity contribution in [3.63, 3.8) is 0 Å². The van der Waals surface area contributed by atoms with E-state index in [0.717, 1.165) is 67.6 Å². The van der Waals surface area contributed by atoms with Crippen molar-refractivity contribution in [2.24, 2.45) is 0 Å². The lowest BCUT2D eigenvalue weighted by atomic mass is 9.96. The molecule has 4 heteroatoms. The van der Waals surface area contributed by atoms with Gasteiger partial charge in [-0.05, 0) is 63.6 Å². The number of allylic oxidation sites excluding steroid dienone is 4. The van der Waals surface area contributed by atoms with E-state index in [4.69, 9.17) is 19.4 Å². The van der Waals surface area contributed by atoms with Crippen molar-refractivity contribution < 1.29 is 4.42 Å². The van der Waals surface area contributed by atoms with Crippen LogP contribution >= 0.6 is 0 Å². The molecule has 1 aliphatic carbocycles. The number of para-hydroxylation sites is 1. The van der Waals surface area contributed by atoms with Crippen LogP contribution in [0, 0.1) is 0 Å². The molecule has 0 saturated carbocycles. The van der Waals surface area contributed by atoms with Crippen LogP contribution in [0.15, 0.2) is 199 Å². The van der Waals surface area contributed by atoms with Gasteiger partial charge >= 0.3 is 0 Å². The second kappa shape index (κ2) is 14.0. The van der Waals surface area contributed by atoms with Gasteiger partial charge in [0, 0.05) is 33.4 Å². The molecule has 0 bridgehead atoms. The van der Waals surface area contributed by atoms with Crippen LogP contribution in [0.2, 0.25) is 0 Å². The molecule has 0 saturated heterocycles. The van der Waals surface area contributed by atoms with Crippen molar-refractivity contribution in [2.45, 2.75) is 12.3 Å². The minimum absolute atomic E-state index is 0.0480. The van der Waals surface area contributed by atoms with E-state index in [9.17, 15) is 0 Å². The maximum Gasteiger partial charge on any atom is 0.164 e. The molecular weight excluding hydrogens is 671 g/mol. The summed E-state index contributed by atoms with van der Waals surface area (Å²) < 4.78 is 6.67. The second-order valence-corrected chi connectivity index (χ2v) is 13.9. The molecule has 0 N–H and O–H groups in total. The second-order valence-electron chi connectivity index (χ2n) is 13.9. The van der Waals surface area contributed by atoms with E-state index in [-0.39, 0.29) is 5.92 Å². The number of hydrogen-bond donors (Lipinski definition) is 0. The first-order chi connectivity index (χ1) is 27.2. The molecule has 260 valence electrons. The molecule has 0 aliphatic heterocycles. The summed E-state index contributed by atoms with van der Waals surface area (Å²) in [6.45, 7) is 0. The predicted molar refractivity (Wildman–Crippen MR) is 225 cm³/mol. The third-order valence-electron chi connectivity index (χ3n) is 10.5. The number of benzene rings is 7. The number of nitrogens with zero attached hydrogens (tertiary/aromatic N) is 3. The molecule has 2 heterocycles. The summed E-state index contributed by atoms with van der Waals surface area (Å²) in [7, 11) is 0. The first kappa shape index (κ1) is 32.5. The van der Waals surface area contributed by atoms with Gasteiger partial charge in [0.2, 0.25) is 0 Å². The Morgan fingerprint density at radius 3 is 1.53 bits per heavy atom. The van der Waals surface area contributed by atoms with E-state index in [1.807, 2.05) is 24.3 Å². The lowest BCUT2D eigenvalue weighted by Crippen LogP contribution is -2.08. The van der Waals surface area contributed by atoms with Crippen LogP contribution < -0.4 is 0 Å². The number of aromatic nitrogens is 3. The highest BCUT2D eigenvalue weighted by molar-refractivity contribution is 6.15. The van der Waals surface area contributed by atoms with Gasteiger partial charge in [-0.25, -0.2) is 15.0 Å². The van der Waals surface area contributed by atoms with Crippen molar-refractivity contribution in [3.8, 4) is 67.3 Å². The average Bonchev–Trinajstić information content (AvgIpc) is 3.67. The molecule has 55 heavy (non-hydrogen) atoms. The van der Waals surface area contributed by atoms with Gasteiger partial charge in [-0.2, -0.15) is 0 Å². The van der Waals surface area contributed by atoms with Crippen LogP contribution in [0.25, 0.3) is 89.2 Å². The number of furan rings is 1. The Hall–Kier alpha value is -7.17. The van der Waals surface area contributed by atoms with Gasteiger partial charge in [0.15, 0.2) is 11.6 Å². The van der Waals surface area contributed by atoms with Gasteiger partial charge in [-0.15, -0.1) is 0 Å². The van der Waals surface area contributed by atoms with Crippen LogP contribution in [0.1, 0.15) is 18.2 Å². The molecule has 0 amide bonds. The van der Waals surface area contributed by atoms with E-state index in [1.165, 1.54) is 22.3 Å². The lowest BCUT2D eigenvalue weighted by Gasteiger charge is -2.15. The lowest BCUT2D eigenvalue weighted by molar-refractivity contribution is 0.670. The Kier molecular flexibility index (Phi) is 8.27. The van der Waals surface area contributed by atoms with Crippen LogP contribution in [-0.4, -0.2) is 15.0 Å². The van der Waals surface area contributed by atoms with E-state index in [1.54, 1.807) is 0 Å². The first-order valence-electron chi connectivity index (χ1n) is 18.7. The fourth-order valence-electron chi connectivity index (χ4n) is 7.59. The maximum absolute atomic E-state index is 6.67. The number of fused-ring (bicyclic) bond motifs is 3. The average molecular weight is 706 g/mol. The molecule has 1 unspecified atom stereocenters.